The first kappa shape index (κ1) is 18.2. The average molecular weight is 377 g/mol. The molecule has 0 aliphatic carbocycles. The van der Waals surface area contributed by atoms with Gasteiger partial charge in [-0.2, -0.15) is 0 Å². The number of anilines is 2. The van der Waals surface area contributed by atoms with E-state index in [1.165, 1.54) is 29.2 Å². The third-order valence-corrected chi connectivity index (χ3v) is 4.39. The van der Waals surface area contributed by atoms with Gasteiger partial charge in [0.05, 0.1) is 5.69 Å². The molecule has 5 nitrogen and oxygen atoms in total. The highest BCUT2D eigenvalue weighted by atomic mass is 35.5. The van der Waals surface area contributed by atoms with Crippen LogP contribution in [0.25, 0.3) is 0 Å². The van der Waals surface area contributed by atoms with Gasteiger partial charge in [-0.15, -0.1) is 0 Å². The summed E-state index contributed by atoms with van der Waals surface area (Å²) in [6.45, 7) is 4.90. The second-order valence-electron chi connectivity index (χ2n) is 6.57. The Bertz CT molecular complexity index is 868. The molecule has 1 heterocycles. The predicted octanol–water partition coefficient (Wildman–Crippen LogP) is 4.01. The van der Waals surface area contributed by atoms with Crippen LogP contribution in [0.2, 0.25) is 5.02 Å². The van der Waals surface area contributed by atoms with Crippen LogP contribution in [0.4, 0.5) is 15.8 Å². The Kier molecular flexibility index (Phi) is 4.63. The third kappa shape index (κ3) is 3.37. The van der Waals surface area contributed by atoms with Crippen LogP contribution in [0, 0.1) is 5.82 Å². The number of nitrogens with one attached hydrogen (secondary N) is 1. The van der Waals surface area contributed by atoms with E-state index < -0.39 is 23.4 Å². The normalized spacial score (nSPS) is 16.5. The van der Waals surface area contributed by atoms with Gasteiger partial charge < -0.3 is 10.1 Å². The number of amides is 2. The molecule has 1 aliphatic heterocycles. The minimum Gasteiger partial charge on any atom is -0.476 e. The van der Waals surface area contributed by atoms with E-state index in [4.69, 9.17) is 16.3 Å². The topological polar surface area (TPSA) is 58.6 Å². The molecule has 0 fully saturated rings. The maximum absolute atomic E-state index is 13.0. The molecule has 1 N–H and O–H groups in total. The van der Waals surface area contributed by atoms with Crippen LogP contribution in [0.15, 0.2) is 42.5 Å². The maximum atomic E-state index is 13.0. The number of hydrogen-bond donors (Lipinski definition) is 1. The van der Waals surface area contributed by atoms with E-state index in [1.807, 2.05) is 0 Å². The molecule has 1 unspecified atom stereocenters. The van der Waals surface area contributed by atoms with Crippen LogP contribution in [-0.2, 0) is 9.59 Å². The molecule has 0 bridgehead atoms. The van der Waals surface area contributed by atoms with Gasteiger partial charge in [0.2, 0.25) is 5.91 Å². The first-order chi connectivity index (χ1) is 12.2. The van der Waals surface area contributed by atoms with E-state index in [-0.39, 0.29) is 5.91 Å². The molecule has 0 saturated heterocycles. The Morgan fingerprint density at radius 1 is 1.23 bits per heavy atom. The summed E-state index contributed by atoms with van der Waals surface area (Å²) in [5, 5.41) is 3.11. The first-order valence-corrected chi connectivity index (χ1v) is 8.45. The van der Waals surface area contributed by atoms with Crippen molar-refractivity contribution in [3.63, 3.8) is 0 Å². The third-order valence-electron chi connectivity index (χ3n) is 4.16. The zero-order chi connectivity index (χ0) is 19.1. The smallest absolute Gasteiger partial charge is 0.271 e. The van der Waals surface area contributed by atoms with Gasteiger partial charge in [0.15, 0.2) is 5.60 Å². The second kappa shape index (κ2) is 6.61. The number of hydrogen-bond acceptors (Lipinski definition) is 3. The fourth-order valence-electron chi connectivity index (χ4n) is 2.76. The summed E-state index contributed by atoms with van der Waals surface area (Å²) in [5.74, 6) is -0.687. The van der Waals surface area contributed by atoms with Crippen LogP contribution in [0.1, 0.15) is 20.8 Å². The Labute approximate surface area is 155 Å². The van der Waals surface area contributed by atoms with Crippen LogP contribution in [-0.4, -0.2) is 23.5 Å². The van der Waals surface area contributed by atoms with E-state index in [0.29, 0.717) is 22.1 Å². The molecule has 26 heavy (non-hydrogen) atoms. The average Bonchev–Trinajstić information content (AvgIpc) is 2.58. The molecule has 1 aliphatic rings. The molecule has 1 atom stereocenters. The Morgan fingerprint density at radius 2 is 1.88 bits per heavy atom. The molecule has 0 spiro atoms. The largest absolute Gasteiger partial charge is 0.476 e. The van der Waals surface area contributed by atoms with Crippen molar-refractivity contribution in [2.75, 3.05) is 10.2 Å². The zero-order valence-electron chi connectivity index (χ0n) is 14.5. The van der Waals surface area contributed by atoms with Crippen molar-refractivity contribution in [2.24, 2.45) is 0 Å². The summed E-state index contributed by atoms with van der Waals surface area (Å²) in [6.07, 6.45) is 0. The van der Waals surface area contributed by atoms with Crippen LogP contribution in [0.3, 0.4) is 0 Å². The standard InChI is InChI=1S/C19H18ClFN2O3/c1-11(17(24)22-14-7-5-13(21)6-8-14)23-15-10-12(20)4-9-16(15)26-19(2,3)18(23)25/h4-11H,1-3H3,(H,22,24). The second-order valence-corrected chi connectivity index (χ2v) is 7.01. The molecule has 2 aromatic rings. The van der Waals surface area contributed by atoms with E-state index in [1.54, 1.807) is 39.0 Å². The lowest BCUT2D eigenvalue weighted by Gasteiger charge is -2.41. The van der Waals surface area contributed by atoms with Gasteiger partial charge in [-0.25, -0.2) is 4.39 Å². The number of fused-ring (bicyclic) bond motifs is 1. The molecule has 0 aromatic heterocycles. The molecule has 7 heteroatoms. The number of benzene rings is 2. The molecule has 2 aromatic carbocycles. The molecule has 2 amide bonds. The minimum absolute atomic E-state index is 0.353. The van der Waals surface area contributed by atoms with E-state index >= 15 is 0 Å². The summed E-state index contributed by atoms with van der Waals surface area (Å²) in [7, 11) is 0. The molecule has 3 rings (SSSR count). The van der Waals surface area contributed by atoms with Crippen molar-refractivity contribution in [2.45, 2.75) is 32.4 Å². The Balaban J connectivity index is 1.93. The summed E-state index contributed by atoms with van der Waals surface area (Å²) in [4.78, 5) is 26.9. The zero-order valence-corrected chi connectivity index (χ0v) is 15.3. The highest BCUT2D eigenvalue weighted by Crippen LogP contribution is 2.40. The number of nitrogens with zero attached hydrogens (tertiary/aromatic N) is 1. The van der Waals surface area contributed by atoms with Crippen LogP contribution >= 0.6 is 11.6 Å². The van der Waals surface area contributed by atoms with Crippen molar-refractivity contribution in [3.8, 4) is 5.75 Å². The van der Waals surface area contributed by atoms with Gasteiger partial charge in [-0.05, 0) is 63.2 Å². The van der Waals surface area contributed by atoms with Crippen molar-refractivity contribution >= 4 is 34.8 Å². The minimum atomic E-state index is -1.12. The monoisotopic (exact) mass is 376 g/mol. The molecule has 136 valence electrons. The lowest BCUT2D eigenvalue weighted by atomic mass is 10.0. The SMILES string of the molecule is CC(C(=O)Nc1ccc(F)cc1)N1C(=O)C(C)(C)Oc2ccc(Cl)cc21. The van der Waals surface area contributed by atoms with E-state index in [2.05, 4.69) is 5.32 Å². The van der Waals surface area contributed by atoms with Gasteiger partial charge >= 0.3 is 0 Å². The molecular formula is C19H18ClFN2O3. The van der Waals surface area contributed by atoms with Crippen molar-refractivity contribution in [1.29, 1.82) is 0 Å². The van der Waals surface area contributed by atoms with Crippen molar-refractivity contribution in [3.05, 3.63) is 53.3 Å². The molecule has 0 radical (unpaired) electrons. The fraction of sp³-hybridized carbons (Fsp3) is 0.263. The fourth-order valence-corrected chi connectivity index (χ4v) is 2.93. The number of carbonyl (C=O) groups excluding carboxylic acids is 2. The first-order valence-electron chi connectivity index (χ1n) is 8.08. The number of rotatable bonds is 3. The van der Waals surface area contributed by atoms with Crippen molar-refractivity contribution < 1.29 is 18.7 Å². The number of halogens is 2. The molecule has 0 saturated carbocycles. The summed E-state index contributed by atoms with van der Waals surface area (Å²) < 4.78 is 18.8. The quantitative estimate of drug-likeness (QED) is 0.880. The van der Waals surface area contributed by atoms with Gasteiger partial charge in [0.25, 0.3) is 5.91 Å². The Morgan fingerprint density at radius 3 is 2.54 bits per heavy atom. The van der Waals surface area contributed by atoms with E-state index in [0.717, 1.165) is 0 Å². The van der Waals surface area contributed by atoms with Crippen LogP contribution in [0.5, 0.6) is 5.75 Å². The lowest BCUT2D eigenvalue weighted by Crippen LogP contribution is -2.57. The van der Waals surface area contributed by atoms with Crippen molar-refractivity contribution in [1.82, 2.24) is 0 Å². The summed E-state index contributed by atoms with van der Waals surface area (Å²) >= 11 is 6.06. The number of ether oxygens (including phenoxy) is 1. The summed E-state index contributed by atoms with van der Waals surface area (Å²) in [5.41, 5.74) is -0.247. The lowest BCUT2D eigenvalue weighted by molar-refractivity contribution is -0.134. The summed E-state index contributed by atoms with van der Waals surface area (Å²) in [6, 6.07) is 9.50. The molecular weight excluding hydrogens is 359 g/mol. The van der Waals surface area contributed by atoms with Gasteiger partial charge in [-0.1, -0.05) is 11.6 Å². The van der Waals surface area contributed by atoms with Gasteiger partial charge in [0, 0.05) is 10.7 Å². The van der Waals surface area contributed by atoms with E-state index in [9.17, 15) is 14.0 Å². The van der Waals surface area contributed by atoms with Crippen LogP contribution < -0.4 is 15.0 Å². The highest BCUT2D eigenvalue weighted by Gasteiger charge is 2.44. The van der Waals surface area contributed by atoms with Gasteiger partial charge in [0.1, 0.15) is 17.6 Å². The van der Waals surface area contributed by atoms with Gasteiger partial charge in [-0.3, -0.25) is 14.5 Å². The maximum Gasteiger partial charge on any atom is 0.271 e. The number of carbonyl (C=O) groups is 2. The predicted molar refractivity (Wildman–Crippen MR) is 98.1 cm³/mol. The highest BCUT2D eigenvalue weighted by molar-refractivity contribution is 6.31. The Hall–Kier alpha value is -2.60.